The molecule has 15 heteroatoms. The van der Waals surface area contributed by atoms with E-state index in [0.29, 0.717) is 12.5 Å². The second kappa shape index (κ2) is 11.4. The molecule has 3 N–H and O–H groups in total. The fourth-order valence-electron chi connectivity index (χ4n) is 5.51. The quantitative estimate of drug-likeness (QED) is 0.243. The number of anilines is 1. The molecule has 4 atom stereocenters. The number of nitrogens with one attached hydrogen (secondary N) is 2. The van der Waals surface area contributed by atoms with E-state index in [2.05, 4.69) is 15.6 Å². The van der Waals surface area contributed by atoms with Crippen LogP contribution in [0.3, 0.4) is 0 Å². The Kier molecular flexibility index (Phi) is 7.92. The standard InChI is InChI=1S/C29H23F4N3O7S/c1-43-23-13-20(30)18(21-6-3-7-22(35-21)28(39)40)12-19(23)26(37)36-25-15-9-8-14(10-15)24(25)27(38)34-16-4-2-5-17(11-16)44(41,42)29(31,32)33/h2-9,11-15,24-25H,10H2,1H3,(H,34,38)(H,36,37)(H,39,40)/t14-,15+,24+,25-/m1/s1. The Balaban J connectivity index is 1.41. The number of aromatic carboxylic acids is 1. The van der Waals surface area contributed by atoms with E-state index in [-0.39, 0.29) is 45.8 Å². The first-order valence-electron chi connectivity index (χ1n) is 13.0. The summed E-state index contributed by atoms with van der Waals surface area (Å²) in [5.74, 6) is -5.19. The summed E-state index contributed by atoms with van der Waals surface area (Å²) in [4.78, 5) is 41.2. The number of nitrogens with zero attached hydrogens (tertiary/aromatic N) is 1. The number of carboxylic acids is 1. The lowest BCUT2D eigenvalue weighted by Crippen LogP contribution is -2.47. The molecule has 2 aromatic carbocycles. The van der Waals surface area contributed by atoms with Gasteiger partial charge >= 0.3 is 11.5 Å². The zero-order valence-corrected chi connectivity index (χ0v) is 23.4. The number of halogens is 4. The van der Waals surface area contributed by atoms with Gasteiger partial charge in [0.2, 0.25) is 5.91 Å². The minimum Gasteiger partial charge on any atom is -0.496 e. The van der Waals surface area contributed by atoms with Crippen LogP contribution < -0.4 is 15.4 Å². The minimum atomic E-state index is -5.65. The number of pyridine rings is 1. The number of hydrogen-bond acceptors (Lipinski definition) is 7. The first-order chi connectivity index (χ1) is 20.7. The fraction of sp³-hybridized carbons (Fsp3) is 0.241. The van der Waals surface area contributed by atoms with Crippen LogP contribution in [-0.4, -0.2) is 55.0 Å². The van der Waals surface area contributed by atoms with Gasteiger partial charge in [-0.1, -0.05) is 24.3 Å². The molecule has 10 nitrogen and oxygen atoms in total. The van der Waals surface area contributed by atoms with Gasteiger partial charge in [0.15, 0.2) is 0 Å². The molecule has 1 fully saturated rings. The highest BCUT2D eigenvalue weighted by Crippen LogP contribution is 2.45. The van der Waals surface area contributed by atoms with Gasteiger partial charge in [-0.15, -0.1) is 0 Å². The third-order valence-electron chi connectivity index (χ3n) is 7.55. The van der Waals surface area contributed by atoms with Crippen LogP contribution in [0, 0.1) is 23.6 Å². The number of carbonyl (C=O) groups is 3. The Hall–Kier alpha value is -4.79. The van der Waals surface area contributed by atoms with E-state index in [4.69, 9.17) is 4.74 Å². The van der Waals surface area contributed by atoms with Gasteiger partial charge in [0, 0.05) is 23.4 Å². The highest BCUT2D eigenvalue weighted by molar-refractivity contribution is 7.92. The van der Waals surface area contributed by atoms with Crippen LogP contribution in [0.25, 0.3) is 11.3 Å². The van der Waals surface area contributed by atoms with Crippen LogP contribution in [0.1, 0.15) is 27.3 Å². The average Bonchev–Trinajstić information content (AvgIpc) is 3.58. The molecular weight excluding hydrogens is 610 g/mol. The Morgan fingerprint density at radius 2 is 1.73 bits per heavy atom. The predicted molar refractivity (Wildman–Crippen MR) is 147 cm³/mol. The molecule has 1 saturated carbocycles. The van der Waals surface area contributed by atoms with E-state index < -0.39 is 55.8 Å². The van der Waals surface area contributed by atoms with Gasteiger partial charge in [-0.3, -0.25) is 9.59 Å². The zero-order valence-electron chi connectivity index (χ0n) is 22.6. The van der Waals surface area contributed by atoms with Gasteiger partial charge in [-0.25, -0.2) is 22.6 Å². The molecule has 2 bridgehead atoms. The number of sulfone groups is 1. The Morgan fingerprint density at radius 1 is 1.02 bits per heavy atom. The maximum atomic E-state index is 15.0. The number of alkyl halides is 3. The maximum Gasteiger partial charge on any atom is 0.501 e. The van der Waals surface area contributed by atoms with E-state index in [0.717, 1.165) is 24.3 Å². The van der Waals surface area contributed by atoms with Crippen molar-refractivity contribution >= 4 is 33.3 Å². The number of ether oxygens (including phenoxy) is 1. The summed E-state index contributed by atoms with van der Waals surface area (Å²) in [5, 5.41) is 14.5. The molecule has 230 valence electrons. The van der Waals surface area contributed by atoms with Gasteiger partial charge < -0.3 is 20.5 Å². The van der Waals surface area contributed by atoms with Crippen LogP contribution in [-0.2, 0) is 14.6 Å². The number of hydrogen-bond donors (Lipinski definition) is 3. The molecule has 0 aliphatic heterocycles. The average molecular weight is 634 g/mol. The fourth-order valence-corrected chi connectivity index (χ4v) is 6.31. The van der Waals surface area contributed by atoms with E-state index in [1.165, 1.54) is 31.4 Å². The summed E-state index contributed by atoms with van der Waals surface area (Å²) in [7, 11) is -4.43. The normalized spacial score (nSPS) is 20.8. The van der Waals surface area contributed by atoms with Crippen LogP contribution >= 0.6 is 0 Å². The van der Waals surface area contributed by atoms with E-state index in [1.807, 2.05) is 6.08 Å². The predicted octanol–water partition coefficient (Wildman–Crippen LogP) is 4.45. The van der Waals surface area contributed by atoms with Crippen LogP contribution in [0.5, 0.6) is 5.75 Å². The number of methoxy groups -OCH3 is 1. The molecule has 1 aromatic heterocycles. The maximum absolute atomic E-state index is 15.0. The molecule has 0 unspecified atom stereocenters. The molecule has 3 aromatic rings. The second-order valence-electron chi connectivity index (χ2n) is 10.2. The topological polar surface area (TPSA) is 152 Å². The number of allylic oxidation sites excluding steroid dienone is 1. The molecule has 44 heavy (non-hydrogen) atoms. The number of aromatic nitrogens is 1. The lowest BCUT2D eigenvalue weighted by Gasteiger charge is -2.28. The highest BCUT2D eigenvalue weighted by Gasteiger charge is 2.49. The van der Waals surface area contributed by atoms with E-state index in [9.17, 15) is 41.1 Å². The second-order valence-corrected chi connectivity index (χ2v) is 12.1. The molecule has 0 spiro atoms. The van der Waals surface area contributed by atoms with Crippen molar-refractivity contribution in [3.05, 3.63) is 83.8 Å². The number of rotatable bonds is 8. The zero-order chi connectivity index (χ0) is 32.0. The highest BCUT2D eigenvalue weighted by atomic mass is 32.2. The summed E-state index contributed by atoms with van der Waals surface area (Å²) in [6.07, 6.45) is 4.10. The molecule has 2 aliphatic rings. The summed E-state index contributed by atoms with van der Waals surface area (Å²) >= 11 is 0. The first kappa shape index (κ1) is 30.7. The minimum absolute atomic E-state index is 0.0472. The smallest absolute Gasteiger partial charge is 0.496 e. The number of amides is 2. The summed E-state index contributed by atoms with van der Waals surface area (Å²) in [6.45, 7) is 0. The molecule has 2 amide bonds. The summed E-state index contributed by atoms with van der Waals surface area (Å²) < 4.78 is 83.0. The molecule has 0 radical (unpaired) electrons. The van der Waals surface area contributed by atoms with E-state index in [1.54, 1.807) is 6.08 Å². The Labute approximate surface area is 247 Å². The van der Waals surface area contributed by atoms with Crippen molar-refractivity contribution in [3.8, 4) is 17.0 Å². The molecule has 0 saturated heterocycles. The van der Waals surface area contributed by atoms with Crippen LogP contribution in [0.2, 0.25) is 0 Å². The molecular formula is C29H23F4N3O7S. The number of carbonyl (C=O) groups excluding carboxylic acids is 2. The number of fused-ring (bicyclic) bond motifs is 2. The number of benzene rings is 2. The molecule has 2 aliphatic carbocycles. The van der Waals surface area contributed by atoms with Crippen molar-refractivity contribution in [1.82, 2.24) is 10.3 Å². The van der Waals surface area contributed by atoms with Crippen molar-refractivity contribution in [3.63, 3.8) is 0 Å². The largest absolute Gasteiger partial charge is 0.501 e. The first-order valence-corrected chi connectivity index (χ1v) is 14.5. The van der Waals surface area contributed by atoms with Gasteiger partial charge in [0.1, 0.15) is 17.3 Å². The SMILES string of the molecule is COc1cc(F)c(-c2cccc(C(=O)O)n2)cc1C(=O)N[C@H]1[C@@H](C(=O)Nc2cccc(S(=O)(=O)C(F)(F)F)c2)[C@@H]2C=C[C@H]1C2. The van der Waals surface area contributed by atoms with Crippen molar-refractivity contribution < 1.29 is 50.2 Å². The van der Waals surface area contributed by atoms with Gasteiger partial charge in [0.25, 0.3) is 15.7 Å². The molecule has 1 heterocycles. The van der Waals surface area contributed by atoms with Gasteiger partial charge in [-0.05, 0) is 54.7 Å². The van der Waals surface area contributed by atoms with Crippen molar-refractivity contribution in [2.75, 3.05) is 12.4 Å². The van der Waals surface area contributed by atoms with Crippen molar-refractivity contribution in [2.45, 2.75) is 22.9 Å². The van der Waals surface area contributed by atoms with Crippen molar-refractivity contribution in [1.29, 1.82) is 0 Å². The van der Waals surface area contributed by atoms with Crippen LogP contribution in [0.15, 0.2) is 71.6 Å². The lowest BCUT2D eigenvalue weighted by atomic mass is 9.87. The van der Waals surface area contributed by atoms with Crippen LogP contribution in [0.4, 0.5) is 23.2 Å². The van der Waals surface area contributed by atoms with E-state index >= 15 is 4.39 Å². The van der Waals surface area contributed by atoms with Gasteiger partial charge in [-0.2, -0.15) is 13.2 Å². The third-order valence-corrected chi connectivity index (χ3v) is 9.04. The molecule has 5 rings (SSSR count). The lowest BCUT2D eigenvalue weighted by molar-refractivity contribution is -0.121. The van der Waals surface area contributed by atoms with Crippen molar-refractivity contribution in [2.24, 2.45) is 17.8 Å². The van der Waals surface area contributed by atoms with Gasteiger partial charge in [0.05, 0.1) is 29.2 Å². The third kappa shape index (κ3) is 5.62. The summed E-state index contributed by atoms with van der Waals surface area (Å²) in [5.41, 5.74) is -6.39. The summed E-state index contributed by atoms with van der Waals surface area (Å²) in [6, 6.07) is 9.05. The number of carboxylic acid groups (broad SMARTS) is 1. The Morgan fingerprint density at radius 3 is 2.41 bits per heavy atom. The monoisotopic (exact) mass is 633 g/mol. The Bertz CT molecular complexity index is 1810.